The zero-order chi connectivity index (χ0) is 27.4. The van der Waals surface area contributed by atoms with Gasteiger partial charge in [0.2, 0.25) is 0 Å². The Morgan fingerprint density at radius 1 is 1.11 bits per heavy atom. The van der Waals surface area contributed by atoms with Gasteiger partial charge in [-0.3, -0.25) is 9.59 Å². The van der Waals surface area contributed by atoms with Crippen LogP contribution >= 0.6 is 0 Å². The zero-order valence-corrected chi connectivity index (χ0v) is 22.8. The lowest BCUT2D eigenvalue weighted by molar-refractivity contribution is -0.140. The van der Waals surface area contributed by atoms with Crippen LogP contribution in [-0.2, 0) is 20.7 Å². The molecule has 1 N–H and O–H groups in total. The van der Waals surface area contributed by atoms with E-state index in [1.54, 1.807) is 24.3 Å². The molecule has 1 saturated heterocycles. The number of aliphatic hydroxyl groups excluding tert-OH is 1. The van der Waals surface area contributed by atoms with Crippen LogP contribution in [0.25, 0.3) is 5.76 Å². The van der Waals surface area contributed by atoms with Gasteiger partial charge >= 0.3 is 0 Å². The SMILES string of the molecule is CCOc1cc([C@@H]2C(=C(O)c3ccc4c(c3)C[C@@H](C)O4)C(=O)C(=O)N2CCOC)ccc1OCCC(C)C. The van der Waals surface area contributed by atoms with E-state index in [2.05, 4.69) is 13.8 Å². The van der Waals surface area contributed by atoms with Crippen LogP contribution < -0.4 is 14.2 Å². The van der Waals surface area contributed by atoms with Gasteiger partial charge in [0.15, 0.2) is 11.5 Å². The summed E-state index contributed by atoms with van der Waals surface area (Å²) in [5, 5.41) is 11.4. The second-order valence-electron chi connectivity index (χ2n) is 10.1. The molecule has 0 radical (unpaired) electrons. The summed E-state index contributed by atoms with van der Waals surface area (Å²) in [7, 11) is 1.54. The third-order valence-corrected chi connectivity index (χ3v) is 6.78. The van der Waals surface area contributed by atoms with Crippen LogP contribution in [0.2, 0.25) is 0 Å². The molecule has 38 heavy (non-hydrogen) atoms. The lowest BCUT2D eigenvalue weighted by atomic mass is 9.94. The molecule has 0 saturated carbocycles. The topological polar surface area (TPSA) is 94.5 Å². The van der Waals surface area contributed by atoms with Crippen molar-refractivity contribution >= 4 is 17.4 Å². The molecule has 2 aliphatic rings. The molecule has 2 aromatic rings. The number of carbonyl (C=O) groups is 2. The Balaban J connectivity index is 1.78. The van der Waals surface area contributed by atoms with Crippen LogP contribution in [0.5, 0.6) is 17.2 Å². The average molecular weight is 524 g/mol. The van der Waals surface area contributed by atoms with Crippen molar-refractivity contribution in [3.8, 4) is 17.2 Å². The van der Waals surface area contributed by atoms with Crippen molar-refractivity contribution in [2.45, 2.75) is 52.7 Å². The van der Waals surface area contributed by atoms with Crippen LogP contribution in [-0.4, -0.2) is 61.3 Å². The highest BCUT2D eigenvalue weighted by Gasteiger charge is 2.46. The molecule has 4 rings (SSSR count). The maximum atomic E-state index is 13.3. The summed E-state index contributed by atoms with van der Waals surface area (Å²) in [6.07, 6.45) is 1.65. The fraction of sp³-hybridized carbons (Fsp3) is 0.467. The minimum atomic E-state index is -0.808. The Labute approximate surface area is 224 Å². The molecular formula is C30H37NO7. The molecule has 8 nitrogen and oxygen atoms in total. The number of likely N-dealkylation sites (tertiary alicyclic amines) is 1. The van der Waals surface area contributed by atoms with Crippen molar-refractivity contribution < 1.29 is 33.6 Å². The summed E-state index contributed by atoms with van der Waals surface area (Å²) in [6.45, 7) is 9.52. The lowest BCUT2D eigenvalue weighted by Gasteiger charge is -2.26. The normalized spacial score (nSPS) is 20.1. The molecule has 0 aromatic heterocycles. The third kappa shape index (κ3) is 5.65. The third-order valence-electron chi connectivity index (χ3n) is 6.78. The van der Waals surface area contributed by atoms with Crippen LogP contribution in [0, 0.1) is 5.92 Å². The van der Waals surface area contributed by atoms with E-state index in [1.807, 2.05) is 26.0 Å². The molecule has 0 spiro atoms. The molecule has 0 unspecified atom stereocenters. The first kappa shape index (κ1) is 27.5. The Morgan fingerprint density at radius 2 is 1.89 bits per heavy atom. The van der Waals surface area contributed by atoms with Gasteiger partial charge in [-0.15, -0.1) is 0 Å². The van der Waals surface area contributed by atoms with Crippen LogP contribution in [0.4, 0.5) is 0 Å². The van der Waals surface area contributed by atoms with E-state index < -0.39 is 17.7 Å². The smallest absolute Gasteiger partial charge is 0.295 e. The number of benzene rings is 2. The Hall–Kier alpha value is -3.52. The van der Waals surface area contributed by atoms with Gasteiger partial charge in [-0.1, -0.05) is 19.9 Å². The first-order valence-corrected chi connectivity index (χ1v) is 13.2. The number of aliphatic hydroxyl groups is 1. The number of hydrogen-bond acceptors (Lipinski definition) is 7. The van der Waals surface area contributed by atoms with Crippen LogP contribution in [0.1, 0.15) is 56.8 Å². The van der Waals surface area contributed by atoms with E-state index in [0.29, 0.717) is 48.2 Å². The summed E-state index contributed by atoms with van der Waals surface area (Å²) < 4.78 is 22.8. The molecule has 2 heterocycles. The Bertz CT molecular complexity index is 1220. The minimum Gasteiger partial charge on any atom is -0.507 e. The summed E-state index contributed by atoms with van der Waals surface area (Å²) in [4.78, 5) is 27.9. The predicted molar refractivity (Wildman–Crippen MR) is 144 cm³/mol. The number of Topliss-reactive ketones (excluding diaryl/α,β-unsaturated/α-hetero) is 1. The largest absolute Gasteiger partial charge is 0.507 e. The fourth-order valence-electron chi connectivity index (χ4n) is 4.86. The summed E-state index contributed by atoms with van der Waals surface area (Å²) >= 11 is 0. The van der Waals surface area contributed by atoms with Crippen molar-refractivity contribution in [3.05, 3.63) is 58.7 Å². The molecule has 8 heteroatoms. The second-order valence-corrected chi connectivity index (χ2v) is 10.1. The molecule has 204 valence electrons. The number of hydrogen-bond donors (Lipinski definition) is 1. The molecule has 1 amide bonds. The minimum absolute atomic E-state index is 0.0361. The molecule has 2 aromatic carbocycles. The zero-order valence-electron chi connectivity index (χ0n) is 22.8. The molecule has 2 aliphatic heterocycles. The van der Waals surface area contributed by atoms with Gasteiger partial charge in [-0.05, 0) is 67.6 Å². The first-order chi connectivity index (χ1) is 18.2. The maximum absolute atomic E-state index is 13.3. The number of methoxy groups -OCH3 is 1. The monoisotopic (exact) mass is 523 g/mol. The summed E-state index contributed by atoms with van der Waals surface area (Å²) in [5.74, 6) is 0.754. The van der Waals surface area contributed by atoms with Crippen LogP contribution in [0.15, 0.2) is 42.0 Å². The lowest BCUT2D eigenvalue weighted by Crippen LogP contribution is -2.32. The summed E-state index contributed by atoms with van der Waals surface area (Å²) in [5.41, 5.74) is 2.09. The van der Waals surface area contributed by atoms with Gasteiger partial charge < -0.3 is 29.0 Å². The van der Waals surface area contributed by atoms with E-state index in [1.165, 1.54) is 12.0 Å². The summed E-state index contributed by atoms with van der Waals surface area (Å²) in [6, 6.07) is 9.92. The van der Waals surface area contributed by atoms with Crippen molar-refractivity contribution in [2.75, 3.05) is 33.5 Å². The highest BCUT2D eigenvalue weighted by atomic mass is 16.5. The number of nitrogens with zero attached hydrogens (tertiary/aromatic N) is 1. The van der Waals surface area contributed by atoms with E-state index in [-0.39, 0.29) is 30.6 Å². The van der Waals surface area contributed by atoms with Gasteiger partial charge in [0.25, 0.3) is 11.7 Å². The van der Waals surface area contributed by atoms with Gasteiger partial charge in [-0.2, -0.15) is 0 Å². The first-order valence-electron chi connectivity index (χ1n) is 13.2. The highest BCUT2D eigenvalue weighted by Crippen LogP contribution is 2.42. The van der Waals surface area contributed by atoms with Crippen molar-refractivity contribution in [1.82, 2.24) is 4.90 Å². The van der Waals surface area contributed by atoms with E-state index >= 15 is 0 Å². The number of ketones is 1. The van der Waals surface area contributed by atoms with E-state index in [4.69, 9.17) is 18.9 Å². The molecule has 1 fully saturated rings. The molecule has 0 bridgehead atoms. The van der Waals surface area contributed by atoms with E-state index in [0.717, 1.165) is 17.7 Å². The van der Waals surface area contributed by atoms with E-state index in [9.17, 15) is 14.7 Å². The number of carbonyl (C=O) groups excluding carboxylic acids is 2. The number of fused-ring (bicyclic) bond motifs is 1. The molecular weight excluding hydrogens is 486 g/mol. The van der Waals surface area contributed by atoms with Gasteiger partial charge in [0.1, 0.15) is 17.6 Å². The quantitative estimate of drug-likeness (QED) is 0.254. The predicted octanol–water partition coefficient (Wildman–Crippen LogP) is 4.90. The van der Waals surface area contributed by atoms with Gasteiger partial charge in [-0.25, -0.2) is 0 Å². The van der Waals surface area contributed by atoms with Crippen molar-refractivity contribution in [1.29, 1.82) is 0 Å². The van der Waals surface area contributed by atoms with Crippen molar-refractivity contribution in [3.63, 3.8) is 0 Å². The number of ether oxygens (including phenoxy) is 4. The molecule has 2 atom stereocenters. The average Bonchev–Trinajstić information content (AvgIpc) is 3.38. The van der Waals surface area contributed by atoms with Crippen molar-refractivity contribution in [2.24, 2.45) is 5.92 Å². The maximum Gasteiger partial charge on any atom is 0.295 e. The van der Waals surface area contributed by atoms with Crippen LogP contribution in [0.3, 0.4) is 0 Å². The standard InChI is InChI=1S/C30H37NO7/c1-6-36-25-17-20(7-10-24(25)37-13-11-18(2)3)27-26(29(33)30(34)31(27)12-14-35-5)28(32)21-8-9-23-22(16-21)15-19(4)38-23/h7-10,16-19,27,32H,6,11-15H2,1-5H3/t19-,27-/m1/s1. The fourth-order valence-corrected chi connectivity index (χ4v) is 4.86. The number of amides is 1. The number of rotatable bonds is 11. The Morgan fingerprint density at radius 3 is 2.61 bits per heavy atom. The highest BCUT2D eigenvalue weighted by molar-refractivity contribution is 6.46. The molecule has 0 aliphatic carbocycles. The van der Waals surface area contributed by atoms with Gasteiger partial charge in [0.05, 0.1) is 31.4 Å². The Kier molecular flexibility index (Phi) is 8.62. The van der Waals surface area contributed by atoms with Gasteiger partial charge in [0, 0.05) is 25.6 Å². The second kappa shape index (κ2) is 11.9.